The largest absolute Gasteiger partial charge is 0.303 e. The van der Waals surface area contributed by atoms with E-state index in [2.05, 4.69) is 30.1 Å². The highest BCUT2D eigenvalue weighted by atomic mass is 32.1. The van der Waals surface area contributed by atoms with Crippen LogP contribution in [-0.2, 0) is 0 Å². The first kappa shape index (κ1) is 13.2. The Morgan fingerprint density at radius 1 is 1.50 bits per heavy atom. The Balaban J connectivity index is 2.33. The maximum atomic E-state index is 9.06. The fourth-order valence-electron chi connectivity index (χ4n) is 1.57. The molecule has 0 aliphatic carbocycles. The Kier molecular flexibility index (Phi) is 6.09. The van der Waals surface area contributed by atoms with Crippen LogP contribution in [0, 0.1) is 11.3 Å². The topological polar surface area (TPSA) is 39.1 Å². The second-order valence-corrected chi connectivity index (χ2v) is 4.54. The quantitative estimate of drug-likeness (QED) is 0.790. The van der Waals surface area contributed by atoms with Crippen molar-refractivity contribution in [3.05, 3.63) is 22.4 Å². The zero-order valence-corrected chi connectivity index (χ0v) is 10.8. The van der Waals surface area contributed by atoms with E-state index >= 15 is 0 Å². The molecule has 1 rings (SSSR count). The van der Waals surface area contributed by atoms with Gasteiger partial charge in [-0.05, 0) is 24.5 Å². The van der Waals surface area contributed by atoms with Crippen molar-refractivity contribution in [2.75, 3.05) is 26.2 Å². The minimum absolute atomic E-state index is 0.157. The van der Waals surface area contributed by atoms with Gasteiger partial charge < -0.3 is 4.90 Å². The number of hydrogen-bond acceptors (Lipinski definition) is 4. The number of thiophene rings is 1. The Morgan fingerprint density at radius 2 is 2.25 bits per heavy atom. The lowest BCUT2D eigenvalue weighted by Gasteiger charge is -2.19. The van der Waals surface area contributed by atoms with E-state index in [-0.39, 0.29) is 6.04 Å². The van der Waals surface area contributed by atoms with Gasteiger partial charge in [-0.15, -0.1) is 11.3 Å². The Morgan fingerprint density at radius 3 is 2.75 bits per heavy atom. The third kappa shape index (κ3) is 3.93. The van der Waals surface area contributed by atoms with Gasteiger partial charge in [0.2, 0.25) is 0 Å². The number of hydrogen-bond donors (Lipinski definition) is 1. The van der Waals surface area contributed by atoms with E-state index in [1.54, 1.807) is 11.3 Å². The standard InChI is InChI=1S/C12H19N3S/c1-3-15(4-2)8-7-14-11(10-13)12-6-5-9-16-12/h5-6,9,11,14H,3-4,7-8H2,1-2H3. The average molecular weight is 237 g/mol. The van der Waals surface area contributed by atoms with E-state index in [1.807, 2.05) is 17.5 Å². The van der Waals surface area contributed by atoms with Crippen LogP contribution in [0.5, 0.6) is 0 Å². The van der Waals surface area contributed by atoms with Crippen molar-refractivity contribution >= 4 is 11.3 Å². The van der Waals surface area contributed by atoms with Crippen molar-refractivity contribution in [2.24, 2.45) is 0 Å². The van der Waals surface area contributed by atoms with E-state index < -0.39 is 0 Å². The maximum absolute atomic E-state index is 9.06. The summed E-state index contributed by atoms with van der Waals surface area (Å²) in [6.07, 6.45) is 0. The SMILES string of the molecule is CCN(CC)CCNC(C#N)c1cccs1. The van der Waals surface area contributed by atoms with E-state index in [4.69, 9.17) is 5.26 Å². The molecule has 1 unspecified atom stereocenters. The summed E-state index contributed by atoms with van der Waals surface area (Å²) < 4.78 is 0. The molecule has 0 bridgehead atoms. The molecular weight excluding hydrogens is 218 g/mol. The van der Waals surface area contributed by atoms with Crippen LogP contribution in [0.25, 0.3) is 0 Å². The third-order valence-corrected chi connectivity index (χ3v) is 3.56. The molecule has 0 spiro atoms. The van der Waals surface area contributed by atoms with Gasteiger partial charge in [0.25, 0.3) is 0 Å². The van der Waals surface area contributed by atoms with Crippen molar-refractivity contribution < 1.29 is 0 Å². The first-order chi connectivity index (χ1) is 7.81. The normalized spacial score (nSPS) is 12.6. The molecule has 1 N–H and O–H groups in total. The summed E-state index contributed by atoms with van der Waals surface area (Å²) in [6.45, 7) is 8.30. The highest BCUT2D eigenvalue weighted by Crippen LogP contribution is 2.17. The molecule has 3 nitrogen and oxygen atoms in total. The molecular formula is C12H19N3S. The highest BCUT2D eigenvalue weighted by molar-refractivity contribution is 7.10. The Hall–Kier alpha value is -0.890. The van der Waals surface area contributed by atoms with Crippen LogP contribution < -0.4 is 5.32 Å². The van der Waals surface area contributed by atoms with Crippen molar-refractivity contribution in [2.45, 2.75) is 19.9 Å². The van der Waals surface area contributed by atoms with Crippen LogP contribution in [0.15, 0.2) is 17.5 Å². The summed E-state index contributed by atoms with van der Waals surface area (Å²) in [5.74, 6) is 0. The molecule has 1 atom stereocenters. The molecule has 88 valence electrons. The zero-order valence-electron chi connectivity index (χ0n) is 9.94. The molecule has 1 heterocycles. The summed E-state index contributed by atoms with van der Waals surface area (Å²) in [7, 11) is 0. The number of nitriles is 1. The molecule has 0 aromatic carbocycles. The molecule has 0 aliphatic heterocycles. The summed E-state index contributed by atoms with van der Waals surface area (Å²) in [4.78, 5) is 3.44. The number of likely N-dealkylation sites (N-methyl/N-ethyl adjacent to an activating group) is 1. The van der Waals surface area contributed by atoms with Crippen LogP contribution in [0.3, 0.4) is 0 Å². The van der Waals surface area contributed by atoms with Gasteiger partial charge in [0.15, 0.2) is 0 Å². The zero-order chi connectivity index (χ0) is 11.8. The lowest BCUT2D eigenvalue weighted by Crippen LogP contribution is -2.33. The Bertz CT molecular complexity index is 312. The minimum atomic E-state index is -0.157. The third-order valence-electron chi connectivity index (χ3n) is 2.63. The van der Waals surface area contributed by atoms with Crippen molar-refractivity contribution in [3.8, 4) is 6.07 Å². The summed E-state index contributed by atoms with van der Waals surface area (Å²) >= 11 is 1.63. The molecule has 4 heteroatoms. The van der Waals surface area contributed by atoms with Gasteiger partial charge in [-0.2, -0.15) is 5.26 Å². The smallest absolute Gasteiger partial charge is 0.130 e. The summed E-state index contributed by atoms with van der Waals surface area (Å²) in [5.41, 5.74) is 0. The highest BCUT2D eigenvalue weighted by Gasteiger charge is 2.10. The van der Waals surface area contributed by atoms with Gasteiger partial charge in [0, 0.05) is 18.0 Å². The lowest BCUT2D eigenvalue weighted by atomic mass is 10.2. The van der Waals surface area contributed by atoms with E-state index in [0.717, 1.165) is 31.1 Å². The van der Waals surface area contributed by atoms with Crippen molar-refractivity contribution in [3.63, 3.8) is 0 Å². The van der Waals surface area contributed by atoms with Gasteiger partial charge in [-0.1, -0.05) is 19.9 Å². The molecule has 1 aromatic heterocycles. The molecule has 0 saturated heterocycles. The average Bonchev–Trinajstić information content (AvgIpc) is 2.83. The lowest BCUT2D eigenvalue weighted by molar-refractivity contribution is 0.300. The fourth-order valence-corrected chi connectivity index (χ4v) is 2.32. The van der Waals surface area contributed by atoms with Crippen LogP contribution in [0.2, 0.25) is 0 Å². The molecule has 0 amide bonds. The molecule has 0 radical (unpaired) electrons. The molecule has 0 aliphatic rings. The van der Waals surface area contributed by atoms with Gasteiger partial charge in [0.1, 0.15) is 6.04 Å². The second kappa shape index (κ2) is 7.39. The van der Waals surface area contributed by atoms with Crippen molar-refractivity contribution in [1.82, 2.24) is 10.2 Å². The summed E-state index contributed by atoms with van der Waals surface area (Å²) in [6, 6.07) is 6.12. The molecule has 0 saturated carbocycles. The van der Waals surface area contributed by atoms with Gasteiger partial charge >= 0.3 is 0 Å². The number of nitrogens with zero attached hydrogens (tertiary/aromatic N) is 2. The first-order valence-corrected chi connectivity index (χ1v) is 6.58. The van der Waals surface area contributed by atoms with Crippen LogP contribution >= 0.6 is 11.3 Å². The molecule has 1 aromatic rings. The van der Waals surface area contributed by atoms with E-state index in [0.29, 0.717) is 0 Å². The Labute approximate surface area is 102 Å². The van der Waals surface area contributed by atoms with Gasteiger partial charge in [-0.25, -0.2) is 0 Å². The van der Waals surface area contributed by atoms with Crippen LogP contribution in [0.1, 0.15) is 24.8 Å². The van der Waals surface area contributed by atoms with Crippen LogP contribution in [0.4, 0.5) is 0 Å². The fraction of sp³-hybridized carbons (Fsp3) is 0.583. The first-order valence-electron chi connectivity index (χ1n) is 5.70. The maximum Gasteiger partial charge on any atom is 0.130 e. The van der Waals surface area contributed by atoms with E-state index in [1.165, 1.54) is 0 Å². The predicted octanol–water partition coefficient (Wildman–Crippen LogP) is 2.24. The molecule has 16 heavy (non-hydrogen) atoms. The van der Waals surface area contributed by atoms with Crippen molar-refractivity contribution in [1.29, 1.82) is 5.26 Å². The van der Waals surface area contributed by atoms with Gasteiger partial charge in [0.05, 0.1) is 6.07 Å². The predicted molar refractivity (Wildman–Crippen MR) is 68.5 cm³/mol. The van der Waals surface area contributed by atoms with Gasteiger partial charge in [-0.3, -0.25) is 5.32 Å². The van der Waals surface area contributed by atoms with E-state index in [9.17, 15) is 0 Å². The van der Waals surface area contributed by atoms with Crippen LogP contribution in [-0.4, -0.2) is 31.1 Å². The minimum Gasteiger partial charge on any atom is -0.303 e. The number of rotatable bonds is 7. The second-order valence-electron chi connectivity index (χ2n) is 3.56. The monoisotopic (exact) mass is 237 g/mol. The number of nitrogens with one attached hydrogen (secondary N) is 1. The summed E-state index contributed by atoms with van der Waals surface area (Å²) in [5, 5.41) is 14.3. The molecule has 0 fully saturated rings.